The minimum absolute atomic E-state index is 0.0522. The number of nitrogens with one attached hydrogen (secondary N) is 1. The van der Waals surface area contributed by atoms with Crippen LogP contribution in [0.4, 0.5) is 5.82 Å². The third-order valence-electron chi connectivity index (χ3n) is 2.41. The van der Waals surface area contributed by atoms with Gasteiger partial charge in [0.05, 0.1) is 12.6 Å². The van der Waals surface area contributed by atoms with Gasteiger partial charge in [-0.1, -0.05) is 0 Å². The Morgan fingerprint density at radius 2 is 2.35 bits per heavy atom. The van der Waals surface area contributed by atoms with Crippen molar-refractivity contribution in [1.82, 2.24) is 15.0 Å². The van der Waals surface area contributed by atoms with Gasteiger partial charge < -0.3 is 15.2 Å². The summed E-state index contributed by atoms with van der Waals surface area (Å²) in [6.45, 7) is 4.29. The SMILES string of the molecule is CCOc1cc(NC(C)c2nc(C(=O)O)cs2)ncn1. The zero-order chi connectivity index (χ0) is 14.5. The molecule has 1 atom stereocenters. The monoisotopic (exact) mass is 294 g/mol. The van der Waals surface area contributed by atoms with E-state index in [0.29, 0.717) is 23.3 Å². The lowest BCUT2D eigenvalue weighted by Crippen LogP contribution is -2.09. The highest BCUT2D eigenvalue weighted by Gasteiger charge is 2.14. The first kappa shape index (κ1) is 14.2. The number of aromatic nitrogens is 3. The van der Waals surface area contributed by atoms with Gasteiger partial charge >= 0.3 is 5.97 Å². The number of rotatable bonds is 6. The second-order valence-electron chi connectivity index (χ2n) is 3.92. The van der Waals surface area contributed by atoms with Crippen LogP contribution in [0.1, 0.15) is 35.4 Å². The third kappa shape index (κ3) is 3.41. The van der Waals surface area contributed by atoms with Crippen LogP contribution in [0.3, 0.4) is 0 Å². The van der Waals surface area contributed by atoms with E-state index in [0.717, 1.165) is 0 Å². The average Bonchev–Trinajstić information content (AvgIpc) is 2.89. The van der Waals surface area contributed by atoms with E-state index in [9.17, 15) is 4.79 Å². The van der Waals surface area contributed by atoms with Crippen molar-refractivity contribution in [2.45, 2.75) is 19.9 Å². The van der Waals surface area contributed by atoms with E-state index in [1.54, 1.807) is 6.07 Å². The molecule has 2 N–H and O–H groups in total. The Morgan fingerprint density at radius 1 is 1.55 bits per heavy atom. The van der Waals surface area contributed by atoms with E-state index in [-0.39, 0.29) is 11.7 Å². The number of carbonyl (C=O) groups is 1. The summed E-state index contributed by atoms with van der Waals surface area (Å²) in [5.74, 6) is 0.0611. The smallest absolute Gasteiger partial charge is 0.355 e. The molecule has 106 valence electrons. The standard InChI is InChI=1S/C12H14N4O3S/c1-3-19-10-4-9(13-6-14-10)15-7(2)11-16-8(5-20-11)12(17)18/h4-7H,3H2,1-2H3,(H,17,18)(H,13,14,15). The summed E-state index contributed by atoms with van der Waals surface area (Å²) in [4.78, 5) is 22.9. The van der Waals surface area contributed by atoms with Gasteiger partial charge in [0.2, 0.25) is 5.88 Å². The van der Waals surface area contributed by atoms with Crippen LogP contribution < -0.4 is 10.1 Å². The molecule has 2 heterocycles. The maximum absolute atomic E-state index is 10.8. The summed E-state index contributed by atoms with van der Waals surface area (Å²) >= 11 is 1.29. The second kappa shape index (κ2) is 6.29. The molecule has 0 spiro atoms. The molecular formula is C12H14N4O3S. The van der Waals surface area contributed by atoms with Crippen LogP contribution in [-0.4, -0.2) is 32.6 Å². The molecule has 0 amide bonds. The zero-order valence-corrected chi connectivity index (χ0v) is 11.8. The predicted molar refractivity (Wildman–Crippen MR) is 74.3 cm³/mol. The van der Waals surface area contributed by atoms with Gasteiger partial charge in [-0.15, -0.1) is 11.3 Å². The van der Waals surface area contributed by atoms with Crippen molar-refractivity contribution in [3.8, 4) is 5.88 Å². The number of carboxylic acids is 1. The molecule has 0 fully saturated rings. The van der Waals surface area contributed by atoms with Crippen molar-refractivity contribution in [3.63, 3.8) is 0 Å². The maximum Gasteiger partial charge on any atom is 0.355 e. The first-order valence-corrected chi connectivity index (χ1v) is 6.88. The highest BCUT2D eigenvalue weighted by atomic mass is 32.1. The van der Waals surface area contributed by atoms with Crippen molar-refractivity contribution >= 4 is 23.1 Å². The van der Waals surface area contributed by atoms with E-state index in [4.69, 9.17) is 9.84 Å². The molecule has 8 heteroatoms. The van der Waals surface area contributed by atoms with Gasteiger partial charge in [0.25, 0.3) is 0 Å². The van der Waals surface area contributed by atoms with Crippen LogP contribution >= 0.6 is 11.3 Å². The maximum atomic E-state index is 10.8. The van der Waals surface area contributed by atoms with E-state index >= 15 is 0 Å². The summed E-state index contributed by atoms with van der Waals surface area (Å²) in [7, 11) is 0. The Labute approximate surface area is 119 Å². The van der Waals surface area contributed by atoms with Crippen molar-refractivity contribution in [3.05, 3.63) is 28.5 Å². The van der Waals surface area contributed by atoms with Gasteiger partial charge in [0.15, 0.2) is 5.69 Å². The van der Waals surface area contributed by atoms with E-state index in [2.05, 4.69) is 20.3 Å². The minimum Gasteiger partial charge on any atom is -0.478 e. The van der Waals surface area contributed by atoms with Crippen LogP contribution in [0.2, 0.25) is 0 Å². The lowest BCUT2D eigenvalue weighted by Gasteiger charge is -2.12. The van der Waals surface area contributed by atoms with Gasteiger partial charge in [-0.05, 0) is 13.8 Å². The van der Waals surface area contributed by atoms with Crippen molar-refractivity contribution in [1.29, 1.82) is 0 Å². The molecule has 0 aliphatic rings. The van der Waals surface area contributed by atoms with Crippen molar-refractivity contribution < 1.29 is 14.6 Å². The van der Waals surface area contributed by atoms with Crippen LogP contribution in [0.5, 0.6) is 5.88 Å². The third-order valence-corrected chi connectivity index (χ3v) is 3.44. The molecule has 0 saturated carbocycles. The summed E-state index contributed by atoms with van der Waals surface area (Å²) in [5.41, 5.74) is 0.0522. The highest BCUT2D eigenvalue weighted by molar-refractivity contribution is 7.09. The van der Waals surface area contributed by atoms with Crippen LogP contribution in [-0.2, 0) is 0 Å². The number of nitrogens with zero attached hydrogens (tertiary/aromatic N) is 3. The number of anilines is 1. The lowest BCUT2D eigenvalue weighted by atomic mass is 10.3. The van der Waals surface area contributed by atoms with E-state index in [1.807, 2.05) is 13.8 Å². The Morgan fingerprint density at radius 3 is 3.00 bits per heavy atom. The fourth-order valence-corrected chi connectivity index (χ4v) is 2.31. The first-order chi connectivity index (χ1) is 9.60. The van der Waals surface area contributed by atoms with Crippen LogP contribution in [0.15, 0.2) is 17.8 Å². The number of hydrogen-bond donors (Lipinski definition) is 2. The van der Waals surface area contributed by atoms with Gasteiger partial charge in [0, 0.05) is 11.4 Å². The summed E-state index contributed by atoms with van der Waals surface area (Å²) in [6.07, 6.45) is 1.41. The molecule has 0 aromatic carbocycles. The molecule has 0 radical (unpaired) electrons. The molecule has 0 aliphatic heterocycles. The molecule has 7 nitrogen and oxygen atoms in total. The van der Waals surface area contributed by atoms with Crippen LogP contribution in [0.25, 0.3) is 0 Å². The second-order valence-corrected chi connectivity index (χ2v) is 4.81. The van der Waals surface area contributed by atoms with E-state index < -0.39 is 5.97 Å². The molecule has 0 aliphatic carbocycles. The zero-order valence-electron chi connectivity index (χ0n) is 11.0. The van der Waals surface area contributed by atoms with Crippen molar-refractivity contribution in [2.24, 2.45) is 0 Å². The molecule has 2 aromatic heterocycles. The molecule has 2 aromatic rings. The largest absolute Gasteiger partial charge is 0.478 e. The number of aromatic carboxylic acids is 1. The normalized spacial score (nSPS) is 11.9. The number of ether oxygens (including phenoxy) is 1. The summed E-state index contributed by atoms with van der Waals surface area (Å²) < 4.78 is 5.29. The topological polar surface area (TPSA) is 97.2 Å². The van der Waals surface area contributed by atoms with Crippen LogP contribution in [0, 0.1) is 0 Å². The van der Waals surface area contributed by atoms with Gasteiger partial charge in [-0.2, -0.15) is 0 Å². The number of hydrogen-bond acceptors (Lipinski definition) is 7. The molecule has 1 unspecified atom stereocenters. The highest BCUT2D eigenvalue weighted by Crippen LogP contribution is 2.22. The minimum atomic E-state index is -1.03. The summed E-state index contributed by atoms with van der Waals surface area (Å²) in [6, 6.07) is 1.53. The molecule has 0 bridgehead atoms. The van der Waals surface area contributed by atoms with Gasteiger partial charge in [0.1, 0.15) is 17.2 Å². The molecular weight excluding hydrogens is 280 g/mol. The predicted octanol–water partition coefficient (Wildman–Crippen LogP) is 2.20. The number of carboxylic acid groups (broad SMARTS) is 1. The van der Waals surface area contributed by atoms with Gasteiger partial charge in [-0.3, -0.25) is 0 Å². The molecule has 2 rings (SSSR count). The quantitative estimate of drug-likeness (QED) is 0.842. The number of thiazole rings is 1. The van der Waals surface area contributed by atoms with Gasteiger partial charge in [-0.25, -0.2) is 19.7 Å². The Balaban J connectivity index is 2.08. The Bertz CT molecular complexity index is 602. The molecule has 0 saturated heterocycles. The summed E-state index contributed by atoms with van der Waals surface area (Å²) in [5, 5.41) is 14.2. The fraction of sp³-hybridized carbons (Fsp3) is 0.333. The van der Waals surface area contributed by atoms with Crippen molar-refractivity contribution in [2.75, 3.05) is 11.9 Å². The lowest BCUT2D eigenvalue weighted by molar-refractivity contribution is 0.0691. The molecule has 20 heavy (non-hydrogen) atoms. The average molecular weight is 294 g/mol. The Hall–Kier alpha value is -2.22. The fourth-order valence-electron chi connectivity index (χ4n) is 1.51. The first-order valence-electron chi connectivity index (χ1n) is 6.00. The Kier molecular flexibility index (Phi) is 4.46. The van der Waals surface area contributed by atoms with E-state index in [1.165, 1.54) is 23.0 Å².